The molecule has 0 saturated heterocycles. The molecule has 2 aliphatic carbocycles. The zero-order valence-corrected chi connectivity index (χ0v) is 18.7. The minimum atomic E-state index is -0.566. The fourth-order valence-corrected chi connectivity index (χ4v) is 5.00. The Morgan fingerprint density at radius 2 is 2.09 bits per heavy atom. The number of nitrogens with one attached hydrogen (secondary N) is 2. The Bertz CT molecular complexity index is 1220. The van der Waals surface area contributed by atoms with Crippen LogP contribution in [0.2, 0.25) is 0 Å². The Balaban J connectivity index is 1.34. The summed E-state index contributed by atoms with van der Waals surface area (Å²) >= 11 is 0. The van der Waals surface area contributed by atoms with Crippen LogP contribution in [-0.4, -0.2) is 52.0 Å². The molecule has 4 unspecified atom stereocenters. The second kappa shape index (κ2) is 8.47. The molecule has 33 heavy (non-hydrogen) atoms. The number of carbonyl (C=O) groups is 1. The highest BCUT2D eigenvalue weighted by Gasteiger charge is 2.47. The summed E-state index contributed by atoms with van der Waals surface area (Å²) < 4.78 is 16.7. The first kappa shape index (κ1) is 21.4. The molecule has 0 radical (unpaired) electrons. The van der Waals surface area contributed by atoms with Gasteiger partial charge >= 0.3 is 0 Å². The molecule has 1 fully saturated rings. The third kappa shape index (κ3) is 4.16. The lowest BCUT2D eigenvalue weighted by Gasteiger charge is -2.27. The number of benzene rings is 1. The second-order valence-electron chi connectivity index (χ2n) is 9.15. The molecule has 1 aromatic carbocycles. The predicted octanol–water partition coefficient (Wildman–Crippen LogP) is 2.96. The van der Waals surface area contributed by atoms with Crippen molar-refractivity contribution >= 4 is 34.3 Å². The fourth-order valence-electron chi connectivity index (χ4n) is 5.00. The highest BCUT2D eigenvalue weighted by molar-refractivity contribution is 5.84. The van der Waals surface area contributed by atoms with Crippen LogP contribution < -0.4 is 16.4 Å². The van der Waals surface area contributed by atoms with Crippen LogP contribution in [0.3, 0.4) is 0 Å². The van der Waals surface area contributed by atoms with Gasteiger partial charge in [0.1, 0.15) is 0 Å². The quantitative estimate of drug-likeness (QED) is 0.457. The van der Waals surface area contributed by atoms with E-state index in [2.05, 4.69) is 68.6 Å². The molecule has 0 aliphatic heterocycles. The first-order valence-electron chi connectivity index (χ1n) is 11.2. The minimum absolute atomic E-state index is 0.0700. The number of halogens is 1. The zero-order valence-electron chi connectivity index (χ0n) is 18.7. The molecule has 2 heterocycles. The number of nitrogens with zero attached hydrogens (tertiary/aromatic N) is 4. The first-order chi connectivity index (χ1) is 15.9. The van der Waals surface area contributed by atoms with Crippen LogP contribution in [0.15, 0.2) is 48.8 Å². The van der Waals surface area contributed by atoms with Gasteiger partial charge in [-0.25, -0.2) is 9.37 Å². The molecule has 1 saturated carbocycles. The van der Waals surface area contributed by atoms with Crippen LogP contribution in [0.1, 0.15) is 6.42 Å². The van der Waals surface area contributed by atoms with E-state index in [0.717, 1.165) is 42.3 Å². The van der Waals surface area contributed by atoms with Gasteiger partial charge in [-0.3, -0.25) is 4.79 Å². The number of carbonyl (C=O) groups excluding carboxylic acids is 1. The molecule has 8 nitrogen and oxygen atoms in total. The molecule has 2 aromatic heterocycles. The number of hydrogen-bond donors (Lipinski definition) is 3. The largest absolute Gasteiger partial charge is 0.369 e. The van der Waals surface area contributed by atoms with Gasteiger partial charge in [0.15, 0.2) is 11.6 Å². The number of likely N-dealkylation sites (N-methyl/N-ethyl adjacent to an activating group) is 1. The van der Waals surface area contributed by atoms with Gasteiger partial charge in [-0.05, 0) is 56.6 Å². The van der Waals surface area contributed by atoms with Gasteiger partial charge in [-0.2, -0.15) is 4.98 Å². The van der Waals surface area contributed by atoms with E-state index in [1.54, 1.807) is 0 Å². The molecule has 0 spiro atoms. The fraction of sp³-hybridized carbons (Fsp3) is 0.375. The second-order valence-corrected chi connectivity index (χ2v) is 9.15. The Kier molecular flexibility index (Phi) is 5.49. The summed E-state index contributed by atoms with van der Waals surface area (Å²) in [6.07, 6.45) is 8.16. The Labute approximate surface area is 191 Å². The molecule has 1 amide bonds. The predicted molar refractivity (Wildman–Crippen MR) is 127 cm³/mol. The van der Waals surface area contributed by atoms with E-state index in [1.165, 1.54) is 0 Å². The normalized spacial score (nSPS) is 23.5. The topological polar surface area (TPSA) is 101 Å². The van der Waals surface area contributed by atoms with Crippen molar-refractivity contribution in [3.63, 3.8) is 0 Å². The smallest absolute Gasteiger partial charge is 0.229 e. The number of hydrogen-bond acceptors (Lipinski definition) is 6. The standard InChI is InChI=1S/C24H28FN7O/c1-31(2)9-10-32-8-7-14-12-17(5-6-19(14)32)28-24-27-13-18(25)23(30-24)29-21-16-4-3-15(11-16)20(21)22(26)33/h3-8,12-13,15-16,20-21H,9-11H2,1-2H3,(H2,26,33)(H2,27,28,29,30). The minimum Gasteiger partial charge on any atom is -0.369 e. The van der Waals surface area contributed by atoms with Gasteiger partial charge in [0.25, 0.3) is 0 Å². The zero-order chi connectivity index (χ0) is 23.1. The lowest BCUT2D eigenvalue weighted by Crippen LogP contribution is -2.41. The number of aromatic nitrogens is 3. The molecule has 3 aromatic rings. The van der Waals surface area contributed by atoms with Crippen molar-refractivity contribution < 1.29 is 9.18 Å². The van der Waals surface area contributed by atoms with Crippen LogP contribution in [0.25, 0.3) is 10.9 Å². The monoisotopic (exact) mass is 449 g/mol. The Morgan fingerprint density at radius 3 is 2.88 bits per heavy atom. The third-order valence-electron chi connectivity index (χ3n) is 6.65. The number of anilines is 3. The summed E-state index contributed by atoms with van der Waals surface area (Å²) in [5.74, 6) is -0.724. The molecule has 2 aliphatic rings. The summed E-state index contributed by atoms with van der Waals surface area (Å²) in [6, 6.07) is 7.83. The number of rotatable bonds is 8. The van der Waals surface area contributed by atoms with E-state index in [-0.39, 0.29) is 41.5 Å². The SMILES string of the molecule is CN(C)CCn1ccc2cc(Nc3ncc(F)c(NC4C5C=CC(C5)C4C(N)=O)n3)ccc21. The summed E-state index contributed by atoms with van der Waals surface area (Å²) in [5.41, 5.74) is 7.58. The maximum atomic E-state index is 14.5. The van der Waals surface area contributed by atoms with Crippen molar-refractivity contribution in [2.75, 3.05) is 31.3 Å². The Hall–Kier alpha value is -3.46. The summed E-state index contributed by atoms with van der Waals surface area (Å²) in [5, 5.41) is 7.39. The van der Waals surface area contributed by atoms with Gasteiger partial charge < -0.3 is 25.8 Å². The molecular formula is C24H28FN7O. The Morgan fingerprint density at radius 1 is 1.27 bits per heavy atom. The van der Waals surface area contributed by atoms with Crippen molar-refractivity contribution in [1.82, 2.24) is 19.4 Å². The molecule has 172 valence electrons. The number of nitrogens with two attached hydrogens (primary N) is 1. The van der Waals surface area contributed by atoms with E-state index in [0.29, 0.717) is 0 Å². The number of allylic oxidation sites excluding steroid dienone is 1. The molecule has 4 N–H and O–H groups in total. The summed E-state index contributed by atoms with van der Waals surface area (Å²) in [6.45, 7) is 1.86. The lowest BCUT2D eigenvalue weighted by molar-refractivity contribution is -0.122. The number of amides is 1. The summed E-state index contributed by atoms with van der Waals surface area (Å²) in [7, 11) is 4.11. The van der Waals surface area contributed by atoms with Crippen LogP contribution >= 0.6 is 0 Å². The van der Waals surface area contributed by atoms with Crippen LogP contribution in [-0.2, 0) is 11.3 Å². The van der Waals surface area contributed by atoms with Gasteiger partial charge in [-0.1, -0.05) is 12.2 Å². The molecule has 5 rings (SSSR count). The average Bonchev–Trinajstić information content (AvgIpc) is 3.49. The number of primary amides is 1. The van der Waals surface area contributed by atoms with Gasteiger partial charge in [0.2, 0.25) is 11.9 Å². The maximum Gasteiger partial charge on any atom is 0.229 e. The van der Waals surface area contributed by atoms with E-state index >= 15 is 0 Å². The van der Waals surface area contributed by atoms with Crippen molar-refractivity contribution in [1.29, 1.82) is 0 Å². The third-order valence-corrected chi connectivity index (χ3v) is 6.65. The highest BCUT2D eigenvalue weighted by atomic mass is 19.1. The molecule has 9 heteroatoms. The van der Waals surface area contributed by atoms with Crippen LogP contribution in [0.5, 0.6) is 0 Å². The number of fused-ring (bicyclic) bond motifs is 3. The molecule has 2 bridgehead atoms. The van der Waals surface area contributed by atoms with Crippen molar-refractivity contribution in [2.45, 2.75) is 19.0 Å². The van der Waals surface area contributed by atoms with E-state index < -0.39 is 5.82 Å². The van der Waals surface area contributed by atoms with Crippen molar-refractivity contribution in [3.8, 4) is 0 Å². The van der Waals surface area contributed by atoms with E-state index in [4.69, 9.17) is 5.73 Å². The summed E-state index contributed by atoms with van der Waals surface area (Å²) in [4.78, 5) is 22.6. The van der Waals surface area contributed by atoms with Crippen LogP contribution in [0.4, 0.5) is 21.8 Å². The van der Waals surface area contributed by atoms with Crippen molar-refractivity contribution in [2.24, 2.45) is 23.5 Å². The molecule has 4 atom stereocenters. The first-order valence-corrected chi connectivity index (χ1v) is 11.2. The average molecular weight is 450 g/mol. The highest BCUT2D eigenvalue weighted by Crippen LogP contribution is 2.44. The van der Waals surface area contributed by atoms with Crippen molar-refractivity contribution in [3.05, 3.63) is 54.6 Å². The van der Waals surface area contributed by atoms with Gasteiger partial charge in [0.05, 0.1) is 12.1 Å². The lowest BCUT2D eigenvalue weighted by atomic mass is 9.88. The van der Waals surface area contributed by atoms with Gasteiger partial charge in [-0.15, -0.1) is 0 Å². The van der Waals surface area contributed by atoms with E-state index in [9.17, 15) is 9.18 Å². The van der Waals surface area contributed by atoms with Crippen LogP contribution in [0, 0.1) is 23.6 Å². The van der Waals surface area contributed by atoms with E-state index in [1.807, 2.05) is 18.2 Å². The van der Waals surface area contributed by atoms with Gasteiger partial charge in [0, 0.05) is 41.9 Å². The maximum absolute atomic E-state index is 14.5. The molecular weight excluding hydrogens is 421 g/mol.